The summed E-state index contributed by atoms with van der Waals surface area (Å²) >= 11 is 0. The maximum absolute atomic E-state index is 13.9. The lowest BCUT2D eigenvalue weighted by Crippen LogP contribution is -2.61. The highest BCUT2D eigenvalue weighted by atomic mass is 16.3. The van der Waals surface area contributed by atoms with Gasteiger partial charge in [-0.2, -0.15) is 0 Å². The molecule has 0 unspecified atom stereocenters. The number of Topliss-reactive ketones (excluding diaryl/α,β-unsaturated/α-hetero) is 2. The summed E-state index contributed by atoms with van der Waals surface area (Å²) in [6.45, 7) is 12.0. The van der Waals surface area contributed by atoms with E-state index in [0.29, 0.717) is 12.8 Å². The fraction of sp³-hybridized carbons (Fsp3) is 0.759. The van der Waals surface area contributed by atoms with Gasteiger partial charge in [-0.15, -0.1) is 0 Å². The quantitative estimate of drug-likeness (QED) is 0.343. The summed E-state index contributed by atoms with van der Waals surface area (Å²) in [5.74, 6) is -2.48. The minimum Gasteiger partial charge on any atom is -0.393 e. The largest absolute Gasteiger partial charge is 0.393 e. The molecule has 0 aromatic heterocycles. The van der Waals surface area contributed by atoms with Gasteiger partial charge in [0.25, 0.3) is 0 Å². The number of carbonyl (C=O) groups is 3. The van der Waals surface area contributed by atoms with Crippen LogP contribution in [0.25, 0.3) is 0 Å². The molecule has 7 heteroatoms. The average molecular weight is 503 g/mol. The first kappa shape index (κ1) is 27.4. The summed E-state index contributed by atoms with van der Waals surface area (Å²) in [4.78, 5) is 39.8. The molecule has 4 aliphatic rings. The Hall–Kier alpha value is -1.67. The van der Waals surface area contributed by atoms with E-state index < -0.39 is 51.4 Å². The van der Waals surface area contributed by atoms with E-state index in [-0.39, 0.29) is 42.2 Å². The Morgan fingerprint density at radius 3 is 2.25 bits per heavy atom. The van der Waals surface area contributed by atoms with E-state index in [1.165, 1.54) is 26.8 Å². The second-order valence-electron chi connectivity index (χ2n) is 13.6. The Balaban J connectivity index is 1.75. The van der Waals surface area contributed by atoms with Crippen molar-refractivity contribution in [1.82, 2.24) is 0 Å². The first-order chi connectivity index (χ1) is 16.3. The van der Waals surface area contributed by atoms with Crippen molar-refractivity contribution < 1.29 is 34.8 Å². The third-order valence-electron chi connectivity index (χ3n) is 10.5. The van der Waals surface area contributed by atoms with Crippen molar-refractivity contribution in [1.29, 1.82) is 0 Å². The van der Waals surface area contributed by atoms with Crippen LogP contribution in [0.15, 0.2) is 23.8 Å². The van der Waals surface area contributed by atoms with Gasteiger partial charge in [0, 0.05) is 23.7 Å². The summed E-state index contributed by atoms with van der Waals surface area (Å²) in [5, 5.41) is 43.4. The van der Waals surface area contributed by atoms with Gasteiger partial charge in [-0.3, -0.25) is 14.4 Å². The van der Waals surface area contributed by atoms with Gasteiger partial charge in [0.2, 0.25) is 0 Å². The zero-order valence-corrected chi connectivity index (χ0v) is 22.5. The zero-order valence-electron chi connectivity index (χ0n) is 22.5. The molecule has 3 fully saturated rings. The van der Waals surface area contributed by atoms with E-state index in [4.69, 9.17) is 0 Å². The van der Waals surface area contributed by atoms with Crippen LogP contribution in [-0.2, 0) is 14.4 Å². The molecule has 0 saturated heterocycles. The first-order valence-electron chi connectivity index (χ1n) is 13.1. The molecule has 0 bridgehead atoms. The minimum atomic E-state index is -1.94. The van der Waals surface area contributed by atoms with Gasteiger partial charge in [-0.25, -0.2) is 0 Å². The van der Waals surface area contributed by atoms with Gasteiger partial charge in [-0.1, -0.05) is 31.6 Å². The van der Waals surface area contributed by atoms with Crippen molar-refractivity contribution in [2.75, 3.05) is 0 Å². The van der Waals surface area contributed by atoms with Gasteiger partial charge in [-0.05, 0) is 82.6 Å². The molecule has 0 heterocycles. The highest BCUT2D eigenvalue weighted by molar-refractivity contribution is 5.97. The molecule has 9 atom stereocenters. The lowest BCUT2D eigenvalue weighted by Gasteiger charge is -2.60. The standard InChI is InChI=1S/C29H42O7/c1-25(2,35)11-10-21(33)29(7,36)23-20(32)14-27(5)17-9-8-16-15(12-18(30)24(34)26(16,3)4)22(17)19(31)13-28(23,27)6/h8,10-11,15,17-18,20,22-23,30,32,35-36H,9,12-14H2,1-7H3/b11-10+/t15-,17-,18+,20-,22+,23+,27+,28-,29+/m1/s1. The van der Waals surface area contributed by atoms with Crippen LogP contribution in [0.4, 0.5) is 0 Å². The SMILES string of the molecule is CC(C)(O)/C=C/C(=O)[C@](C)(O)[C@H]1[C@H](O)C[C@@]2(C)[C@@H]3CC=C4[C@@H](C[C@H](O)C(=O)C4(C)C)[C@@H]3C(=O)C[C@]12C. The fourth-order valence-electron chi connectivity index (χ4n) is 8.56. The summed E-state index contributed by atoms with van der Waals surface area (Å²) < 4.78 is 0. The third-order valence-corrected chi connectivity index (χ3v) is 10.5. The van der Waals surface area contributed by atoms with Crippen LogP contribution >= 0.6 is 0 Å². The molecule has 36 heavy (non-hydrogen) atoms. The monoisotopic (exact) mass is 502 g/mol. The molecule has 4 rings (SSSR count). The van der Waals surface area contributed by atoms with Crippen LogP contribution in [-0.4, -0.2) is 61.2 Å². The van der Waals surface area contributed by atoms with Crippen molar-refractivity contribution >= 4 is 17.3 Å². The average Bonchev–Trinajstić information content (AvgIpc) is 2.95. The van der Waals surface area contributed by atoms with E-state index in [9.17, 15) is 34.8 Å². The number of hydrogen-bond acceptors (Lipinski definition) is 7. The van der Waals surface area contributed by atoms with Crippen molar-refractivity contribution in [3.8, 4) is 0 Å². The van der Waals surface area contributed by atoms with E-state index in [1.807, 2.05) is 20.8 Å². The number of aliphatic hydroxyl groups is 4. The molecule has 0 aromatic rings. The Bertz CT molecular complexity index is 1040. The van der Waals surface area contributed by atoms with Crippen LogP contribution in [0.3, 0.4) is 0 Å². The van der Waals surface area contributed by atoms with Gasteiger partial charge < -0.3 is 20.4 Å². The van der Waals surface area contributed by atoms with E-state index in [0.717, 1.165) is 11.6 Å². The van der Waals surface area contributed by atoms with E-state index >= 15 is 0 Å². The van der Waals surface area contributed by atoms with E-state index in [2.05, 4.69) is 13.0 Å². The summed E-state index contributed by atoms with van der Waals surface area (Å²) in [7, 11) is 0. The molecule has 0 radical (unpaired) electrons. The molecule has 4 aliphatic carbocycles. The first-order valence-corrected chi connectivity index (χ1v) is 13.1. The minimum absolute atomic E-state index is 0.00214. The number of ketones is 3. The Morgan fingerprint density at radius 2 is 1.67 bits per heavy atom. The Kier molecular flexibility index (Phi) is 6.21. The molecular weight excluding hydrogens is 460 g/mol. The molecular formula is C29H42O7. The maximum atomic E-state index is 13.9. The van der Waals surface area contributed by atoms with Crippen molar-refractivity contribution in [2.45, 2.75) is 97.6 Å². The molecule has 0 amide bonds. The van der Waals surface area contributed by atoms with Gasteiger partial charge >= 0.3 is 0 Å². The number of rotatable bonds is 4. The molecule has 0 aliphatic heterocycles. The predicted octanol–water partition coefficient (Wildman–Crippen LogP) is 2.54. The van der Waals surface area contributed by atoms with Crippen LogP contribution in [0.1, 0.15) is 74.1 Å². The topological polar surface area (TPSA) is 132 Å². The number of allylic oxidation sites excluding steroid dienone is 2. The zero-order chi connectivity index (χ0) is 27.2. The third kappa shape index (κ3) is 3.72. The number of fused-ring (bicyclic) bond motifs is 5. The molecule has 200 valence electrons. The second-order valence-corrected chi connectivity index (χ2v) is 13.6. The Labute approximate surface area is 213 Å². The van der Waals surface area contributed by atoms with E-state index in [1.54, 1.807) is 0 Å². The predicted molar refractivity (Wildman–Crippen MR) is 134 cm³/mol. The fourth-order valence-corrected chi connectivity index (χ4v) is 8.56. The number of aliphatic hydroxyl groups excluding tert-OH is 2. The number of carbonyl (C=O) groups excluding carboxylic acids is 3. The molecule has 4 N–H and O–H groups in total. The van der Waals surface area contributed by atoms with Gasteiger partial charge in [0.15, 0.2) is 11.6 Å². The van der Waals surface area contributed by atoms with Crippen LogP contribution in [0.2, 0.25) is 0 Å². The van der Waals surface area contributed by atoms with Crippen molar-refractivity contribution in [3.63, 3.8) is 0 Å². The lowest BCUT2D eigenvalue weighted by molar-refractivity contribution is -0.170. The number of hydrogen-bond donors (Lipinski definition) is 4. The normalized spacial score (nSPS) is 43.9. The van der Waals surface area contributed by atoms with Crippen LogP contribution in [0, 0.1) is 39.9 Å². The highest BCUT2D eigenvalue weighted by Crippen LogP contribution is 2.71. The molecule has 0 aromatic carbocycles. The van der Waals surface area contributed by atoms with Crippen LogP contribution in [0.5, 0.6) is 0 Å². The lowest BCUT2D eigenvalue weighted by atomic mass is 9.43. The van der Waals surface area contributed by atoms with Gasteiger partial charge in [0.05, 0.1) is 11.7 Å². The smallest absolute Gasteiger partial charge is 0.187 e. The molecule has 0 spiro atoms. The van der Waals surface area contributed by atoms with Crippen LogP contribution < -0.4 is 0 Å². The maximum Gasteiger partial charge on any atom is 0.187 e. The second kappa shape index (κ2) is 8.16. The summed E-state index contributed by atoms with van der Waals surface area (Å²) in [6, 6.07) is 0. The summed E-state index contributed by atoms with van der Waals surface area (Å²) in [5.41, 5.74) is -4.50. The van der Waals surface area contributed by atoms with Crippen molar-refractivity contribution in [3.05, 3.63) is 23.8 Å². The summed E-state index contributed by atoms with van der Waals surface area (Å²) in [6.07, 6.45) is 3.65. The van der Waals surface area contributed by atoms with Gasteiger partial charge in [0.1, 0.15) is 17.5 Å². The Morgan fingerprint density at radius 1 is 1.06 bits per heavy atom. The molecule has 7 nitrogen and oxygen atoms in total. The molecule has 3 saturated carbocycles. The highest BCUT2D eigenvalue weighted by Gasteiger charge is 2.71. The van der Waals surface area contributed by atoms with Crippen molar-refractivity contribution in [2.24, 2.45) is 39.9 Å².